The Morgan fingerprint density at radius 2 is 1.56 bits per heavy atom. The first-order valence-electron chi connectivity index (χ1n) is 24.3. The summed E-state index contributed by atoms with van der Waals surface area (Å²) >= 11 is 0. The van der Waals surface area contributed by atoms with Crippen molar-refractivity contribution in [3.05, 3.63) is 47.6 Å². The van der Waals surface area contributed by atoms with Gasteiger partial charge in [0.25, 0.3) is 11.7 Å². The molecule has 66 heavy (non-hydrogen) atoms. The summed E-state index contributed by atoms with van der Waals surface area (Å²) in [6, 6.07) is -1.12. The van der Waals surface area contributed by atoms with E-state index in [9.17, 15) is 44.4 Å². The molecule has 2 heterocycles. The largest absolute Gasteiger partial charge is 0.480 e. The van der Waals surface area contributed by atoms with E-state index < -0.39 is 77.8 Å². The van der Waals surface area contributed by atoms with Crippen molar-refractivity contribution in [1.29, 1.82) is 0 Å². The SMILES string of the molecule is CO[C@@H](CC1CC[C@@H](C)[C@](O)(C(=O)C(=O)N2CCCC[C@H]2C(=O)O)O1)/C(C)=C/C=C/C=C/[C@@H](C)C[C@@H](C)C(=O)[C@H](OC)[C@H](O)/C(C)=C/[C@@H](C)C(=O)C[C@H](C)[C@H](C)C[C@@H]1CC[C@@H](O)[C@H](OC)C1. The van der Waals surface area contributed by atoms with Crippen molar-refractivity contribution in [1.82, 2.24) is 4.90 Å². The number of rotatable bonds is 25. The lowest BCUT2D eigenvalue weighted by Crippen LogP contribution is -2.60. The molecule has 14 heteroatoms. The van der Waals surface area contributed by atoms with Crippen LogP contribution in [-0.2, 0) is 42.9 Å². The van der Waals surface area contributed by atoms with Gasteiger partial charge in [-0.1, -0.05) is 78.0 Å². The van der Waals surface area contributed by atoms with E-state index >= 15 is 0 Å². The van der Waals surface area contributed by atoms with E-state index in [0.717, 1.165) is 36.2 Å². The van der Waals surface area contributed by atoms with Crippen LogP contribution in [0.4, 0.5) is 0 Å². The van der Waals surface area contributed by atoms with Crippen molar-refractivity contribution in [2.45, 2.75) is 181 Å². The maximum Gasteiger partial charge on any atom is 0.326 e. The highest BCUT2D eigenvalue weighted by Crippen LogP contribution is 2.37. The summed E-state index contributed by atoms with van der Waals surface area (Å²) < 4.78 is 22.8. The molecule has 0 spiro atoms. The van der Waals surface area contributed by atoms with Gasteiger partial charge in [-0.15, -0.1) is 0 Å². The molecule has 374 valence electrons. The molecule has 2 saturated heterocycles. The van der Waals surface area contributed by atoms with Crippen LogP contribution in [0.25, 0.3) is 0 Å². The van der Waals surface area contributed by atoms with Crippen LogP contribution >= 0.6 is 0 Å². The van der Waals surface area contributed by atoms with Gasteiger partial charge in [0.2, 0.25) is 5.79 Å². The molecule has 0 aromatic heterocycles. The minimum Gasteiger partial charge on any atom is -0.480 e. The van der Waals surface area contributed by atoms with E-state index in [1.807, 2.05) is 58.1 Å². The number of likely N-dealkylation sites (tertiary alicyclic amines) is 1. The predicted octanol–water partition coefficient (Wildman–Crippen LogP) is 6.98. The quantitative estimate of drug-likeness (QED) is 0.0415. The van der Waals surface area contributed by atoms with Crippen molar-refractivity contribution in [2.75, 3.05) is 27.9 Å². The summed E-state index contributed by atoms with van der Waals surface area (Å²) in [5.74, 6) is -6.43. The molecule has 1 saturated carbocycles. The third-order valence-corrected chi connectivity index (χ3v) is 14.7. The Balaban J connectivity index is 1.50. The number of aliphatic carboxylic acids is 1. The van der Waals surface area contributed by atoms with Crippen molar-refractivity contribution in [2.24, 2.45) is 41.4 Å². The van der Waals surface area contributed by atoms with Gasteiger partial charge in [0.05, 0.1) is 24.4 Å². The standard InChI is InChI=1S/C52H83NO13/c1-31(25-36(6)46(56)48(65-11)47(57)37(7)26-35(5)43(55)28-34(4)33(3)27-39-21-23-42(54)45(29-39)64-10)17-13-12-14-18-32(2)44(63-9)30-40-22-20-38(8)52(62,66-40)49(58)50(59)53-24-16-15-19-41(53)51(60)61/h12-14,17-18,26,31,33-36,38-42,44-45,47-48,54,57,62H,15-16,19-25,27-30H2,1-11H3,(H,60,61)/b14-12+,17-13+,32-18+,37-26+/t31-,33-,34+,35-,36-,38-,39+,40?,41+,42-,44+,45-,47-,48+,52-/m1/s1. The average Bonchev–Trinajstić information content (AvgIpc) is 3.28. The van der Waals surface area contributed by atoms with Gasteiger partial charge in [0.1, 0.15) is 24.0 Å². The highest BCUT2D eigenvalue weighted by molar-refractivity contribution is 6.39. The Bertz CT molecular complexity index is 1740. The van der Waals surface area contributed by atoms with Crippen molar-refractivity contribution in [3.8, 4) is 0 Å². The Morgan fingerprint density at radius 3 is 2.20 bits per heavy atom. The van der Waals surface area contributed by atoms with E-state index in [0.29, 0.717) is 62.4 Å². The van der Waals surface area contributed by atoms with Crippen LogP contribution in [0.3, 0.4) is 0 Å². The number of carbonyl (C=O) groups is 5. The second kappa shape index (κ2) is 27.0. The molecule has 14 nitrogen and oxygen atoms in total. The number of Topliss-reactive ketones (excluding diaryl/α,β-unsaturated/α-hetero) is 3. The normalized spacial score (nSPS) is 29.5. The summed E-state index contributed by atoms with van der Waals surface area (Å²) in [5.41, 5.74) is 1.38. The Labute approximate surface area is 394 Å². The van der Waals surface area contributed by atoms with E-state index in [1.54, 1.807) is 34.1 Å². The second-order valence-corrected chi connectivity index (χ2v) is 19.9. The molecule has 0 radical (unpaired) electrons. The third kappa shape index (κ3) is 15.8. The smallest absolute Gasteiger partial charge is 0.326 e. The van der Waals surface area contributed by atoms with E-state index in [-0.39, 0.29) is 42.5 Å². The Morgan fingerprint density at radius 1 is 0.864 bits per heavy atom. The topological polar surface area (TPSA) is 206 Å². The summed E-state index contributed by atoms with van der Waals surface area (Å²) in [7, 11) is 4.61. The van der Waals surface area contributed by atoms with Crippen LogP contribution < -0.4 is 0 Å². The van der Waals surface area contributed by atoms with E-state index in [1.165, 1.54) is 7.11 Å². The first kappa shape index (κ1) is 57.0. The molecular formula is C52H83NO13. The molecule has 3 rings (SSSR count). The zero-order valence-corrected chi connectivity index (χ0v) is 41.6. The summed E-state index contributed by atoms with van der Waals surface area (Å²) in [5, 5.41) is 42.5. The number of allylic oxidation sites excluding steroid dienone is 6. The number of methoxy groups -OCH3 is 3. The van der Waals surface area contributed by atoms with Crippen LogP contribution in [0.1, 0.15) is 132 Å². The number of carboxylic acids is 1. The second-order valence-electron chi connectivity index (χ2n) is 19.9. The first-order chi connectivity index (χ1) is 31.1. The fourth-order valence-electron chi connectivity index (χ4n) is 9.94. The molecule has 0 bridgehead atoms. The number of nitrogens with zero attached hydrogens (tertiary/aromatic N) is 1. The fourth-order valence-corrected chi connectivity index (χ4v) is 9.94. The van der Waals surface area contributed by atoms with Gasteiger partial charge < -0.3 is 44.3 Å². The molecule has 4 N–H and O–H groups in total. The summed E-state index contributed by atoms with van der Waals surface area (Å²) in [6.45, 7) is 15.3. The van der Waals surface area contributed by atoms with Gasteiger partial charge in [0, 0.05) is 58.5 Å². The fraction of sp³-hybridized carbons (Fsp3) is 0.750. The Hall–Kier alpha value is -3.37. The van der Waals surface area contributed by atoms with E-state index in [4.69, 9.17) is 18.9 Å². The number of hydrogen-bond acceptors (Lipinski definition) is 12. The van der Waals surface area contributed by atoms with Crippen LogP contribution in [0, 0.1) is 41.4 Å². The summed E-state index contributed by atoms with van der Waals surface area (Å²) in [4.78, 5) is 66.4. The average molecular weight is 930 g/mol. The number of piperidine rings is 1. The predicted molar refractivity (Wildman–Crippen MR) is 252 cm³/mol. The van der Waals surface area contributed by atoms with Crippen molar-refractivity contribution < 1.29 is 63.3 Å². The van der Waals surface area contributed by atoms with Crippen LogP contribution in [0.5, 0.6) is 0 Å². The van der Waals surface area contributed by atoms with E-state index in [2.05, 4.69) is 13.8 Å². The maximum absolute atomic E-state index is 13.6. The lowest BCUT2D eigenvalue weighted by Gasteiger charge is -2.42. The first-order valence-corrected chi connectivity index (χ1v) is 24.3. The highest BCUT2D eigenvalue weighted by atomic mass is 16.6. The minimum atomic E-state index is -2.38. The molecule has 3 fully saturated rings. The van der Waals surface area contributed by atoms with Gasteiger partial charge in [-0.2, -0.15) is 0 Å². The molecule has 1 unspecified atom stereocenters. The monoisotopic (exact) mass is 930 g/mol. The lowest BCUT2D eigenvalue weighted by atomic mass is 9.76. The molecule has 15 atom stereocenters. The van der Waals surface area contributed by atoms with Crippen molar-refractivity contribution in [3.63, 3.8) is 0 Å². The number of hydrogen-bond donors (Lipinski definition) is 4. The zero-order valence-electron chi connectivity index (χ0n) is 41.6. The van der Waals surface area contributed by atoms with Crippen LogP contribution in [0.2, 0.25) is 0 Å². The maximum atomic E-state index is 13.6. The van der Waals surface area contributed by atoms with Gasteiger partial charge in [-0.05, 0) is 113 Å². The number of aliphatic hydroxyl groups is 3. The molecule has 1 amide bonds. The van der Waals surface area contributed by atoms with Gasteiger partial charge in [-0.25, -0.2) is 4.79 Å². The summed E-state index contributed by atoms with van der Waals surface area (Å²) in [6.07, 6.45) is 14.6. The minimum absolute atomic E-state index is 0.0222. The third-order valence-electron chi connectivity index (χ3n) is 14.7. The number of ketones is 3. The Kier molecular flexibility index (Phi) is 23.3. The van der Waals surface area contributed by atoms with Gasteiger partial charge in [-0.3, -0.25) is 19.2 Å². The van der Waals surface area contributed by atoms with Gasteiger partial charge in [0.15, 0.2) is 5.78 Å². The molecule has 2 aliphatic heterocycles. The van der Waals surface area contributed by atoms with Crippen LogP contribution in [0.15, 0.2) is 47.6 Å². The molecule has 0 aromatic carbocycles. The number of ether oxygens (including phenoxy) is 4. The molecule has 1 aliphatic carbocycles. The number of carboxylic acid groups (broad SMARTS) is 1. The van der Waals surface area contributed by atoms with Crippen LogP contribution in [-0.4, -0.2) is 131 Å². The highest BCUT2D eigenvalue weighted by Gasteiger charge is 2.52. The number of amides is 1. The zero-order chi connectivity index (χ0) is 49.5. The van der Waals surface area contributed by atoms with Gasteiger partial charge >= 0.3 is 5.97 Å². The molecule has 3 aliphatic rings. The number of aliphatic hydroxyl groups excluding tert-OH is 2. The number of carbonyl (C=O) groups excluding carboxylic acids is 4. The molecular weight excluding hydrogens is 847 g/mol. The lowest BCUT2D eigenvalue weighted by molar-refractivity contribution is -0.265. The van der Waals surface area contributed by atoms with Crippen molar-refractivity contribution >= 4 is 29.2 Å². The molecule has 0 aromatic rings.